The van der Waals surface area contributed by atoms with Gasteiger partial charge in [-0.1, -0.05) is 34.1 Å². The summed E-state index contributed by atoms with van der Waals surface area (Å²) in [4.78, 5) is 14.8. The molecule has 4 aromatic rings. The predicted octanol–water partition coefficient (Wildman–Crippen LogP) is 5.23. The molecule has 11 heteroatoms. The molecule has 1 atom stereocenters. The quantitative estimate of drug-likeness (QED) is 0.356. The van der Waals surface area contributed by atoms with Crippen molar-refractivity contribution >= 4 is 60.3 Å². The molecule has 1 N–H and O–H groups in total. The fourth-order valence-corrected chi connectivity index (χ4v) is 5.52. The molecule has 3 aromatic carbocycles. The molecule has 0 fully saturated rings. The molecule has 1 heterocycles. The number of amides is 1. The molecule has 0 radical (unpaired) electrons. The molecule has 1 amide bonds. The van der Waals surface area contributed by atoms with E-state index in [-0.39, 0.29) is 33.5 Å². The van der Waals surface area contributed by atoms with Gasteiger partial charge in [-0.3, -0.25) is 9.52 Å². The number of rotatable bonds is 6. The van der Waals surface area contributed by atoms with E-state index < -0.39 is 15.9 Å². The molecule has 1 aromatic heterocycles. The molecule has 7 nitrogen and oxygen atoms in total. The number of carbonyl (C=O) groups is 1. The van der Waals surface area contributed by atoms with Gasteiger partial charge >= 0.3 is 0 Å². The van der Waals surface area contributed by atoms with Crippen LogP contribution in [0.5, 0.6) is 0 Å². The zero-order valence-electron chi connectivity index (χ0n) is 17.5. The summed E-state index contributed by atoms with van der Waals surface area (Å²) in [7, 11) is -2.46. The third kappa shape index (κ3) is 4.75. The number of fused-ring (bicyclic) bond motifs is 1. The van der Waals surface area contributed by atoms with Crippen LogP contribution in [0.25, 0.3) is 11.0 Å². The second kappa shape index (κ2) is 9.16. The van der Waals surface area contributed by atoms with Crippen LogP contribution in [-0.2, 0) is 10.0 Å². The van der Waals surface area contributed by atoms with Crippen LogP contribution >= 0.6 is 27.7 Å². The maximum atomic E-state index is 13.3. The van der Waals surface area contributed by atoms with Crippen LogP contribution in [0.15, 0.2) is 70.0 Å². The molecule has 1 unspecified atom stereocenters. The van der Waals surface area contributed by atoms with Crippen LogP contribution in [-0.4, -0.2) is 35.0 Å². The maximum Gasteiger partial charge on any atom is 0.264 e. The van der Waals surface area contributed by atoms with Crippen LogP contribution in [0.2, 0.25) is 0 Å². The SMILES string of the molecule is CC(c1ccc(F)cc1)N(C)C(=O)c1ccc(Br)cc1NS(=O)(=O)c1cccc2nsnc12. The second-order valence-corrected chi connectivity index (χ2v) is 10.4. The van der Waals surface area contributed by atoms with Crippen LogP contribution in [0.3, 0.4) is 0 Å². The highest BCUT2D eigenvalue weighted by molar-refractivity contribution is 9.10. The fourth-order valence-electron chi connectivity index (χ4n) is 3.32. The molecule has 0 saturated carbocycles. The molecule has 0 spiro atoms. The summed E-state index contributed by atoms with van der Waals surface area (Å²) in [6.07, 6.45) is 0. The van der Waals surface area contributed by atoms with E-state index in [0.717, 1.165) is 17.3 Å². The van der Waals surface area contributed by atoms with E-state index in [2.05, 4.69) is 29.4 Å². The van der Waals surface area contributed by atoms with Crippen LogP contribution in [0.1, 0.15) is 28.9 Å². The number of nitrogens with zero attached hydrogens (tertiary/aromatic N) is 3. The van der Waals surface area contributed by atoms with Crippen LogP contribution < -0.4 is 4.72 Å². The first-order chi connectivity index (χ1) is 15.7. The van der Waals surface area contributed by atoms with Crippen molar-refractivity contribution in [2.24, 2.45) is 0 Å². The van der Waals surface area contributed by atoms with Crippen molar-refractivity contribution in [3.05, 3.63) is 82.1 Å². The predicted molar refractivity (Wildman–Crippen MR) is 129 cm³/mol. The number of hydrogen-bond donors (Lipinski definition) is 1. The van der Waals surface area contributed by atoms with Gasteiger partial charge in [0.15, 0.2) is 0 Å². The van der Waals surface area contributed by atoms with Gasteiger partial charge in [0.2, 0.25) is 0 Å². The summed E-state index contributed by atoms with van der Waals surface area (Å²) in [5.74, 6) is -0.763. The van der Waals surface area contributed by atoms with Crippen molar-refractivity contribution in [2.75, 3.05) is 11.8 Å². The Morgan fingerprint density at radius 3 is 2.58 bits per heavy atom. The largest absolute Gasteiger partial charge is 0.335 e. The lowest BCUT2D eigenvalue weighted by molar-refractivity contribution is 0.0743. The van der Waals surface area contributed by atoms with Crippen molar-refractivity contribution in [2.45, 2.75) is 17.9 Å². The van der Waals surface area contributed by atoms with Crippen LogP contribution in [0, 0.1) is 5.82 Å². The molecule has 0 saturated heterocycles. The number of anilines is 1. The summed E-state index contributed by atoms with van der Waals surface area (Å²) < 4.78 is 51.0. The number of carbonyl (C=O) groups excluding carboxylic acids is 1. The lowest BCUT2D eigenvalue weighted by atomic mass is 10.1. The number of nitrogens with one attached hydrogen (secondary N) is 1. The van der Waals surface area contributed by atoms with E-state index in [1.165, 1.54) is 29.2 Å². The molecule has 0 bridgehead atoms. The van der Waals surface area contributed by atoms with Gasteiger partial charge in [0.25, 0.3) is 15.9 Å². The third-order valence-electron chi connectivity index (χ3n) is 5.25. The Bertz CT molecular complexity index is 1440. The molecule has 0 aliphatic heterocycles. The molecule has 170 valence electrons. The molecule has 4 rings (SSSR count). The lowest BCUT2D eigenvalue weighted by Gasteiger charge is -2.26. The van der Waals surface area contributed by atoms with E-state index in [1.54, 1.807) is 43.4 Å². The van der Waals surface area contributed by atoms with Gasteiger partial charge in [0.05, 0.1) is 29.0 Å². The Kier molecular flexibility index (Phi) is 6.46. The standard InChI is InChI=1S/C22H18BrFN4O3S2/c1-13(14-6-9-16(24)10-7-14)28(2)22(29)17-11-8-15(23)12-19(17)27-33(30,31)20-5-3-4-18-21(20)26-32-25-18/h3-13,27H,1-2H3. The Morgan fingerprint density at radius 2 is 1.85 bits per heavy atom. The first-order valence-electron chi connectivity index (χ1n) is 9.73. The maximum absolute atomic E-state index is 13.3. The third-order valence-corrected chi connectivity index (χ3v) is 7.68. The van der Waals surface area contributed by atoms with Crippen molar-refractivity contribution in [3.8, 4) is 0 Å². The molecular formula is C22H18BrFN4O3S2. The smallest absolute Gasteiger partial charge is 0.264 e. The molecule has 0 aliphatic rings. The number of halogens is 2. The first kappa shape index (κ1) is 23.3. The number of aromatic nitrogens is 2. The van der Waals surface area contributed by atoms with Gasteiger partial charge in [-0.05, 0) is 55.0 Å². The minimum Gasteiger partial charge on any atom is -0.335 e. The topological polar surface area (TPSA) is 92.3 Å². The van der Waals surface area contributed by atoms with Crippen molar-refractivity contribution in [3.63, 3.8) is 0 Å². The van der Waals surface area contributed by atoms with Gasteiger partial charge < -0.3 is 4.90 Å². The molecular weight excluding hydrogens is 531 g/mol. The zero-order valence-corrected chi connectivity index (χ0v) is 20.7. The highest BCUT2D eigenvalue weighted by atomic mass is 79.9. The van der Waals surface area contributed by atoms with Crippen molar-refractivity contribution in [1.29, 1.82) is 0 Å². The lowest BCUT2D eigenvalue weighted by Crippen LogP contribution is -2.30. The summed E-state index contributed by atoms with van der Waals surface area (Å²) in [6.45, 7) is 1.81. The second-order valence-electron chi connectivity index (χ2n) is 7.33. The highest BCUT2D eigenvalue weighted by Gasteiger charge is 2.25. The average Bonchev–Trinajstić information content (AvgIpc) is 3.27. The number of hydrogen-bond acceptors (Lipinski definition) is 6. The monoisotopic (exact) mass is 548 g/mol. The normalized spacial score (nSPS) is 12.5. The Morgan fingerprint density at radius 1 is 1.12 bits per heavy atom. The highest BCUT2D eigenvalue weighted by Crippen LogP contribution is 2.30. The Labute approximate surface area is 202 Å². The van der Waals surface area contributed by atoms with Gasteiger partial charge in [-0.15, -0.1) is 0 Å². The summed E-state index contributed by atoms with van der Waals surface area (Å²) in [5.41, 5.74) is 1.77. The fraction of sp³-hybridized carbons (Fsp3) is 0.136. The van der Waals surface area contributed by atoms with E-state index in [1.807, 2.05) is 6.92 Å². The van der Waals surface area contributed by atoms with E-state index in [9.17, 15) is 17.6 Å². The van der Waals surface area contributed by atoms with Gasteiger partial charge in [0, 0.05) is 11.5 Å². The van der Waals surface area contributed by atoms with E-state index in [4.69, 9.17) is 0 Å². The van der Waals surface area contributed by atoms with Gasteiger partial charge in [0.1, 0.15) is 21.7 Å². The number of sulfonamides is 1. The van der Waals surface area contributed by atoms with Crippen molar-refractivity contribution in [1.82, 2.24) is 13.6 Å². The molecule has 0 aliphatic carbocycles. The van der Waals surface area contributed by atoms with E-state index in [0.29, 0.717) is 9.99 Å². The molecule has 33 heavy (non-hydrogen) atoms. The van der Waals surface area contributed by atoms with E-state index >= 15 is 0 Å². The zero-order chi connectivity index (χ0) is 23.8. The minimum atomic E-state index is -4.06. The Hall–Kier alpha value is -2.89. The van der Waals surface area contributed by atoms with Gasteiger partial charge in [-0.25, -0.2) is 12.8 Å². The average molecular weight is 549 g/mol. The van der Waals surface area contributed by atoms with Crippen LogP contribution in [0.4, 0.5) is 10.1 Å². The van der Waals surface area contributed by atoms with Crippen molar-refractivity contribution < 1.29 is 17.6 Å². The van der Waals surface area contributed by atoms with Gasteiger partial charge in [-0.2, -0.15) is 8.75 Å². The summed E-state index contributed by atoms with van der Waals surface area (Å²) in [5, 5.41) is 0. The Balaban J connectivity index is 1.68. The minimum absolute atomic E-state index is 0.0276. The summed E-state index contributed by atoms with van der Waals surface area (Å²) >= 11 is 4.26. The number of benzene rings is 3. The first-order valence-corrected chi connectivity index (χ1v) is 12.7. The summed E-state index contributed by atoms with van der Waals surface area (Å²) in [6, 6.07) is 14.9.